The number of nitrogens with one attached hydrogen (secondary N) is 2. The summed E-state index contributed by atoms with van der Waals surface area (Å²) in [5, 5.41) is 5.86. The van der Waals surface area contributed by atoms with Crippen molar-refractivity contribution in [1.82, 2.24) is 4.98 Å². The Hall–Kier alpha value is -1.64. The molecule has 0 amide bonds. The van der Waals surface area contributed by atoms with Crippen molar-refractivity contribution in [3.63, 3.8) is 0 Å². The van der Waals surface area contributed by atoms with E-state index in [1.807, 2.05) is 30.3 Å². The molecule has 1 heterocycles. The molecular weight excluding hydrogens is 315 g/mol. The number of rotatable bonds is 4. The van der Waals surface area contributed by atoms with Gasteiger partial charge in [-0.15, -0.1) is 0 Å². The molecule has 1 aromatic heterocycles. The normalized spacial score (nSPS) is 11.8. The Kier molecular flexibility index (Phi) is 4.07. The van der Waals surface area contributed by atoms with E-state index in [1.54, 1.807) is 0 Å². The fourth-order valence-electron chi connectivity index (χ4n) is 2.50. The number of anilines is 1. The minimum atomic E-state index is -0.0640. The number of aromatic nitrogens is 1. The van der Waals surface area contributed by atoms with Crippen molar-refractivity contribution >= 4 is 39.9 Å². The van der Waals surface area contributed by atoms with Gasteiger partial charge in [0.25, 0.3) is 0 Å². The SMILES string of the molecule is CC(C)(CNc1cc2ccccc2[nH]1)c1ccc(Cl)c(Cl)c1. The maximum Gasteiger partial charge on any atom is 0.104 e. The Bertz CT molecular complexity index is 773. The summed E-state index contributed by atoms with van der Waals surface area (Å²) >= 11 is 12.1. The second-order valence-electron chi connectivity index (χ2n) is 6.14. The Balaban J connectivity index is 1.77. The van der Waals surface area contributed by atoms with Gasteiger partial charge in [0, 0.05) is 22.9 Å². The Labute approximate surface area is 140 Å². The van der Waals surface area contributed by atoms with Crippen LogP contribution in [0.25, 0.3) is 10.9 Å². The van der Waals surface area contributed by atoms with Gasteiger partial charge in [-0.1, -0.05) is 61.3 Å². The highest BCUT2D eigenvalue weighted by Gasteiger charge is 2.21. The zero-order valence-electron chi connectivity index (χ0n) is 12.6. The predicted molar refractivity (Wildman–Crippen MR) is 96.3 cm³/mol. The number of para-hydroxylation sites is 1. The Morgan fingerprint density at radius 3 is 2.50 bits per heavy atom. The lowest BCUT2D eigenvalue weighted by Gasteiger charge is -2.26. The van der Waals surface area contributed by atoms with Crippen LogP contribution in [0.3, 0.4) is 0 Å². The second-order valence-corrected chi connectivity index (χ2v) is 6.95. The Morgan fingerprint density at radius 1 is 1.00 bits per heavy atom. The summed E-state index contributed by atoms with van der Waals surface area (Å²) in [7, 11) is 0. The topological polar surface area (TPSA) is 27.8 Å². The number of H-pyrrole nitrogens is 1. The summed E-state index contributed by atoms with van der Waals surface area (Å²) in [5.74, 6) is 1.02. The lowest BCUT2D eigenvalue weighted by atomic mass is 9.84. The van der Waals surface area contributed by atoms with Crippen molar-refractivity contribution < 1.29 is 0 Å². The van der Waals surface area contributed by atoms with Gasteiger partial charge in [-0.3, -0.25) is 0 Å². The third kappa shape index (κ3) is 3.08. The molecule has 3 aromatic rings. The minimum absolute atomic E-state index is 0.0640. The molecule has 0 aliphatic rings. The minimum Gasteiger partial charge on any atom is -0.371 e. The molecule has 0 aliphatic carbocycles. The van der Waals surface area contributed by atoms with Gasteiger partial charge in [0.2, 0.25) is 0 Å². The van der Waals surface area contributed by atoms with E-state index in [-0.39, 0.29) is 5.41 Å². The molecule has 0 atom stereocenters. The van der Waals surface area contributed by atoms with Crippen LogP contribution < -0.4 is 5.32 Å². The first-order valence-electron chi connectivity index (χ1n) is 7.23. The molecule has 0 saturated carbocycles. The highest BCUT2D eigenvalue weighted by molar-refractivity contribution is 6.42. The molecule has 4 heteroatoms. The van der Waals surface area contributed by atoms with Gasteiger partial charge in [-0.2, -0.15) is 0 Å². The number of hydrogen-bond acceptors (Lipinski definition) is 1. The quantitative estimate of drug-likeness (QED) is 0.614. The number of benzene rings is 2. The molecule has 0 aliphatic heterocycles. The van der Waals surface area contributed by atoms with E-state index in [0.717, 1.165) is 23.4 Å². The highest BCUT2D eigenvalue weighted by Crippen LogP contribution is 2.30. The zero-order valence-corrected chi connectivity index (χ0v) is 14.1. The molecule has 0 unspecified atom stereocenters. The van der Waals surface area contributed by atoms with E-state index in [1.165, 1.54) is 5.39 Å². The van der Waals surface area contributed by atoms with Crippen LogP contribution in [0.15, 0.2) is 48.5 Å². The number of halogens is 2. The first-order valence-corrected chi connectivity index (χ1v) is 7.98. The molecule has 0 bridgehead atoms. The van der Waals surface area contributed by atoms with Gasteiger partial charge < -0.3 is 10.3 Å². The molecule has 114 valence electrons. The molecule has 3 rings (SSSR count). The average molecular weight is 333 g/mol. The van der Waals surface area contributed by atoms with E-state index in [9.17, 15) is 0 Å². The van der Waals surface area contributed by atoms with Gasteiger partial charge in [-0.25, -0.2) is 0 Å². The lowest BCUT2D eigenvalue weighted by molar-refractivity contribution is 0.556. The fourth-order valence-corrected chi connectivity index (χ4v) is 2.80. The molecular formula is C18H18Cl2N2. The summed E-state index contributed by atoms with van der Waals surface area (Å²) in [5.41, 5.74) is 2.23. The first kappa shape index (κ1) is 15.3. The molecule has 22 heavy (non-hydrogen) atoms. The van der Waals surface area contributed by atoms with E-state index in [0.29, 0.717) is 10.0 Å². The van der Waals surface area contributed by atoms with Crippen LogP contribution in [0.1, 0.15) is 19.4 Å². The van der Waals surface area contributed by atoms with Crippen LogP contribution in [0, 0.1) is 0 Å². The van der Waals surface area contributed by atoms with Crippen LogP contribution in [-0.2, 0) is 5.41 Å². The third-order valence-electron chi connectivity index (χ3n) is 3.95. The summed E-state index contributed by atoms with van der Waals surface area (Å²) in [6, 6.07) is 16.2. The van der Waals surface area contributed by atoms with E-state index < -0.39 is 0 Å². The summed E-state index contributed by atoms with van der Waals surface area (Å²) < 4.78 is 0. The lowest BCUT2D eigenvalue weighted by Crippen LogP contribution is -2.27. The number of aromatic amines is 1. The van der Waals surface area contributed by atoms with Crippen molar-refractivity contribution in [3.05, 3.63) is 64.1 Å². The molecule has 2 N–H and O–H groups in total. The van der Waals surface area contributed by atoms with Gasteiger partial charge in [0.15, 0.2) is 0 Å². The van der Waals surface area contributed by atoms with E-state index in [2.05, 4.69) is 42.3 Å². The van der Waals surface area contributed by atoms with Crippen LogP contribution in [-0.4, -0.2) is 11.5 Å². The fraction of sp³-hybridized carbons (Fsp3) is 0.222. The maximum absolute atomic E-state index is 6.13. The smallest absolute Gasteiger partial charge is 0.104 e. The number of fused-ring (bicyclic) bond motifs is 1. The van der Waals surface area contributed by atoms with Crippen LogP contribution >= 0.6 is 23.2 Å². The Morgan fingerprint density at radius 2 is 1.77 bits per heavy atom. The van der Waals surface area contributed by atoms with Crippen molar-refractivity contribution in [1.29, 1.82) is 0 Å². The number of hydrogen-bond donors (Lipinski definition) is 2. The van der Waals surface area contributed by atoms with Crippen LogP contribution in [0.4, 0.5) is 5.82 Å². The summed E-state index contributed by atoms with van der Waals surface area (Å²) in [6.45, 7) is 5.15. The molecule has 0 spiro atoms. The van der Waals surface area contributed by atoms with Gasteiger partial charge >= 0.3 is 0 Å². The van der Waals surface area contributed by atoms with Gasteiger partial charge in [0.05, 0.1) is 10.0 Å². The van der Waals surface area contributed by atoms with Crippen molar-refractivity contribution in [2.24, 2.45) is 0 Å². The van der Waals surface area contributed by atoms with Crippen molar-refractivity contribution in [2.45, 2.75) is 19.3 Å². The second kappa shape index (κ2) is 5.86. The average Bonchev–Trinajstić information content (AvgIpc) is 2.91. The van der Waals surface area contributed by atoms with E-state index >= 15 is 0 Å². The zero-order chi connectivity index (χ0) is 15.7. The van der Waals surface area contributed by atoms with Crippen LogP contribution in [0.5, 0.6) is 0 Å². The third-order valence-corrected chi connectivity index (χ3v) is 4.69. The predicted octanol–water partition coefficient (Wildman–Crippen LogP) is 5.86. The van der Waals surface area contributed by atoms with Crippen molar-refractivity contribution in [3.8, 4) is 0 Å². The molecule has 2 aromatic carbocycles. The van der Waals surface area contributed by atoms with E-state index in [4.69, 9.17) is 23.2 Å². The molecule has 0 saturated heterocycles. The monoisotopic (exact) mass is 332 g/mol. The van der Waals surface area contributed by atoms with Gasteiger partial charge in [-0.05, 0) is 29.8 Å². The summed E-state index contributed by atoms with van der Waals surface area (Å²) in [4.78, 5) is 3.38. The molecule has 2 nitrogen and oxygen atoms in total. The van der Waals surface area contributed by atoms with Gasteiger partial charge in [0.1, 0.15) is 5.82 Å². The molecule has 0 radical (unpaired) electrons. The standard InChI is InChI=1S/C18H18Cl2N2/c1-18(2,13-7-8-14(19)15(20)10-13)11-21-17-9-12-5-3-4-6-16(12)22-17/h3-10,21-22H,11H2,1-2H3. The van der Waals surface area contributed by atoms with Crippen molar-refractivity contribution in [2.75, 3.05) is 11.9 Å². The first-order chi connectivity index (χ1) is 10.5. The largest absolute Gasteiger partial charge is 0.371 e. The molecule has 0 fully saturated rings. The maximum atomic E-state index is 6.13. The summed E-state index contributed by atoms with van der Waals surface area (Å²) in [6.07, 6.45) is 0. The van der Waals surface area contributed by atoms with Crippen LogP contribution in [0.2, 0.25) is 10.0 Å². The highest BCUT2D eigenvalue weighted by atomic mass is 35.5.